The predicted octanol–water partition coefficient (Wildman–Crippen LogP) is 1.27. The third-order valence-electron chi connectivity index (χ3n) is 6.05. The molecule has 3 aliphatic rings. The number of benzene rings is 1. The maximum absolute atomic E-state index is 14.6. The lowest BCUT2D eigenvalue weighted by Gasteiger charge is -2.37. The van der Waals surface area contributed by atoms with Crippen molar-refractivity contribution in [3.63, 3.8) is 0 Å². The highest BCUT2D eigenvalue weighted by molar-refractivity contribution is 5.89. The molecule has 2 atom stereocenters. The van der Waals surface area contributed by atoms with Crippen LogP contribution in [0.2, 0.25) is 0 Å². The summed E-state index contributed by atoms with van der Waals surface area (Å²) in [5.74, 6) is -0.248. The number of amides is 1. The standard InChI is InChI=1S/C22H28FN3O3/c23-18-4-2-1-3-17(18)21(22(29)15-5-6-15)26-11-8-19(27)16(13-26)7-10-25-12-9-24-20(28)14-25/h1-4,7,15,19,21,27H,5-6,8-14H2,(H,24,28)/b16-7+. The van der Waals surface area contributed by atoms with Crippen LogP contribution in [0.1, 0.15) is 30.9 Å². The van der Waals surface area contributed by atoms with Crippen LogP contribution >= 0.6 is 0 Å². The Balaban J connectivity index is 1.52. The van der Waals surface area contributed by atoms with Crippen LogP contribution in [0.4, 0.5) is 4.39 Å². The van der Waals surface area contributed by atoms with Gasteiger partial charge in [-0.15, -0.1) is 0 Å². The van der Waals surface area contributed by atoms with Gasteiger partial charge in [0.25, 0.3) is 0 Å². The first kappa shape index (κ1) is 20.2. The molecule has 3 fully saturated rings. The minimum absolute atomic E-state index is 0.00937. The number of nitrogens with zero attached hydrogens (tertiary/aromatic N) is 2. The van der Waals surface area contributed by atoms with Gasteiger partial charge in [-0.1, -0.05) is 24.3 Å². The van der Waals surface area contributed by atoms with Gasteiger partial charge in [-0.3, -0.25) is 19.4 Å². The summed E-state index contributed by atoms with van der Waals surface area (Å²) >= 11 is 0. The summed E-state index contributed by atoms with van der Waals surface area (Å²) in [6.07, 6.45) is 3.66. The van der Waals surface area contributed by atoms with Crippen molar-refractivity contribution in [3.8, 4) is 0 Å². The van der Waals surface area contributed by atoms with Gasteiger partial charge in [0, 0.05) is 44.2 Å². The largest absolute Gasteiger partial charge is 0.389 e. The van der Waals surface area contributed by atoms with Crippen LogP contribution in [0.15, 0.2) is 35.9 Å². The number of nitrogens with one attached hydrogen (secondary N) is 1. The zero-order valence-electron chi connectivity index (χ0n) is 16.5. The second-order valence-corrected chi connectivity index (χ2v) is 8.24. The second-order valence-electron chi connectivity index (χ2n) is 8.24. The first-order chi connectivity index (χ1) is 14.0. The van der Waals surface area contributed by atoms with E-state index in [2.05, 4.69) is 5.32 Å². The number of piperazine rings is 1. The number of aliphatic hydroxyl groups excluding tert-OH is 1. The van der Waals surface area contributed by atoms with E-state index in [9.17, 15) is 19.1 Å². The third-order valence-corrected chi connectivity index (χ3v) is 6.05. The molecule has 6 nitrogen and oxygen atoms in total. The number of rotatable bonds is 6. The molecule has 29 heavy (non-hydrogen) atoms. The maximum atomic E-state index is 14.6. The predicted molar refractivity (Wildman–Crippen MR) is 107 cm³/mol. The van der Waals surface area contributed by atoms with Crippen molar-refractivity contribution < 1.29 is 19.1 Å². The number of ketones is 1. The van der Waals surface area contributed by atoms with Crippen LogP contribution < -0.4 is 5.32 Å². The molecule has 2 heterocycles. The smallest absolute Gasteiger partial charge is 0.234 e. The fraction of sp³-hybridized carbons (Fsp3) is 0.545. The van der Waals surface area contributed by atoms with E-state index >= 15 is 0 Å². The van der Waals surface area contributed by atoms with Crippen molar-refractivity contribution >= 4 is 11.7 Å². The molecule has 1 amide bonds. The molecule has 1 aromatic rings. The zero-order valence-corrected chi connectivity index (χ0v) is 16.5. The van der Waals surface area contributed by atoms with Gasteiger partial charge in [-0.05, 0) is 30.9 Å². The molecule has 0 aromatic heterocycles. The molecule has 2 saturated heterocycles. The molecule has 7 heteroatoms. The van der Waals surface area contributed by atoms with Gasteiger partial charge >= 0.3 is 0 Å². The summed E-state index contributed by atoms with van der Waals surface area (Å²) < 4.78 is 14.6. The zero-order chi connectivity index (χ0) is 20.4. The van der Waals surface area contributed by atoms with Gasteiger partial charge in [0.05, 0.1) is 18.7 Å². The summed E-state index contributed by atoms with van der Waals surface area (Å²) in [5.41, 5.74) is 1.26. The SMILES string of the molecule is O=C1CN(C/C=C2\CN(C(C(=O)C3CC3)c3ccccc3F)CCC2O)CCN1. The van der Waals surface area contributed by atoms with E-state index in [1.54, 1.807) is 18.2 Å². The molecule has 0 bridgehead atoms. The van der Waals surface area contributed by atoms with Gasteiger partial charge in [-0.25, -0.2) is 4.39 Å². The fourth-order valence-corrected chi connectivity index (χ4v) is 4.22. The number of carbonyl (C=O) groups excluding carboxylic acids is 2. The Morgan fingerprint density at radius 2 is 2.03 bits per heavy atom. The molecule has 1 saturated carbocycles. The highest BCUT2D eigenvalue weighted by Crippen LogP contribution is 2.39. The average Bonchev–Trinajstić information content (AvgIpc) is 3.55. The van der Waals surface area contributed by atoms with Crippen LogP contribution in [0, 0.1) is 11.7 Å². The Morgan fingerprint density at radius 1 is 1.24 bits per heavy atom. The normalized spacial score (nSPS) is 26.3. The lowest BCUT2D eigenvalue weighted by atomic mass is 9.92. The first-order valence-electron chi connectivity index (χ1n) is 10.4. The van der Waals surface area contributed by atoms with Crippen molar-refractivity contribution in [2.75, 3.05) is 39.3 Å². The minimum atomic E-state index is -0.611. The van der Waals surface area contributed by atoms with E-state index in [0.29, 0.717) is 44.7 Å². The number of hydrogen-bond donors (Lipinski definition) is 2. The minimum Gasteiger partial charge on any atom is -0.389 e. The third kappa shape index (κ3) is 4.74. The van der Waals surface area contributed by atoms with E-state index in [-0.39, 0.29) is 23.4 Å². The summed E-state index contributed by atoms with van der Waals surface area (Å²) in [5, 5.41) is 13.3. The number of likely N-dealkylation sites (tertiary alicyclic amines) is 1. The summed E-state index contributed by atoms with van der Waals surface area (Å²) in [4.78, 5) is 28.6. The molecule has 1 aliphatic carbocycles. The summed E-state index contributed by atoms with van der Waals surface area (Å²) in [7, 11) is 0. The number of aliphatic hydroxyl groups is 1. The van der Waals surface area contributed by atoms with E-state index < -0.39 is 12.1 Å². The molecule has 0 spiro atoms. The molecular formula is C22H28FN3O3. The van der Waals surface area contributed by atoms with Crippen molar-refractivity contribution in [1.29, 1.82) is 0 Å². The second kappa shape index (κ2) is 8.73. The lowest BCUT2D eigenvalue weighted by molar-refractivity contribution is -0.126. The Labute approximate surface area is 170 Å². The molecule has 1 aromatic carbocycles. The van der Waals surface area contributed by atoms with Gasteiger partial charge in [0.2, 0.25) is 5.91 Å². The highest BCUT2D eigenvalue weighted by atomic mass is 19.1. The lowest BCUT2D eigenvalue weighted by Crippen LogP contribution is -2.48. The first-order valence-corrected chi connectivity index (χ1v) is 10.4. The molecule has 2 unspecified atom stereocenters. The van der Waals surface area contributed by atoms with Crippen molar-refractivity contribution in [2.45, 2.75) is 31.4 Å². The van der Waals surface area contributed by atoms with E-state index in [1.165, 1.54) is 6.07 Å². The Kier molecular flexibility index (Phi) is 6.08. The van der Waals surface area contributed by atoms with Gasteiger partial charge < -0.3 is 10.4 Å². The summed E-state index contributed by atoms with van der Waals surface area (Å²) in [6.45, 7) is 3.30. The van der Waals surface area contributed by atoms with Crippen LogP contribution in [0.25, 0.3) is 0 Å². The number of hydrogen-bond acceptors (Lipinski definition) is 5. The van der Waals surface area contributed by atoms with Crippen molar-refractivity contribution in [3.05, 3.63) is 47.3 Å². The van der Waals surface area contributed by atoms with Crippen LogP contribution in [0.3, 0.4) is 0 Å². The number of halogens is 1. The van der Waals surface area contributed by atoms with Crippen LogP contribution in [0.5, 0.6) is 0 Å². The van der Waals surface area contributed by atoms with Crippen molar-refractivity contribution in [1.82, 2.24) is 15.1 Å². The Bertz CT molecular complexity index is 808. The maximum Gasteiger partial charge on any atom is 0.234 e. The van der Waals surface area contributed by atoms with Crippen LogP contribution in [-0.2, 0) is 9.59 Å². The molecular weight excluding hydrogens is 373 g/mol. The Hall–Kier alpha value is -2.09. The van der Waals surface area contributed by atoms with E-state index in [4.69, 9.17) is 0 Å². The highest BCUT2D eigenvalue weighted by Gasteiger charge is 2.41. The van der Waals surface area contributed by atoms with Gasteiger partial charge in [-0.2, -0.15) is 0 Å². The molecule has 2 N–H and O–H groups in total. The topological polar surface area (TPSA) is 72.9 Å². The number of piperidine rings is 1. The van der Waals surface area contributed by atoms with Gasteiger partial charge in [0.15, 0.2) is 5.78 Å². The molecule has 156 valence electrons. The van der Waals surface area contributed by atoms with Gasteiger partial charge in [0.1, 0.15) is 5.82 Å². The van der Waals surface area contributed by atoms with Crippen LogP contribution in [-0.4, -0.2) is 72.0 Å². The van der Waals surface area contributed by atoms with Crippen molar-refractivity contribution in [2.24, 2.45) is 5.92 Å². The fourth-order valence-electron chi connectivity index (χ4n) is 4.22. The van der Waals surface area contributed by atoms with E-state index in [0.717, 1.165) is 25.0 Å². The monoisotopic (exact) mass is 401 g/mol. The molecule has 4 rings (SSSR count). The Morgan fingerprint density at radius 3 is 2.76 bits per heavy atom. The quantitative estimate of drug-likeness (QED) is 0.703. The number of Topliss-reactive ketones (excluding diaryl/α,β-unsaturated/α-hetero) is 1. The average molecular weight is 401 g/mol. The summed E-state index contributed by atoms with van der Waals surface area (Å²) in [6, 6.07) is 5.89. The van der Waals surface area contributed by atoms with E-state index in [1.807, 2.05) is 15.9 Å². The molecule has 0 radical (unpaired) electrons. The number of carbonyl (C=O) groups is 2. The molecule has 2 aliphatic heterocycles.